The van der Waals surface area contributed by atoms with Crippen molar-refractivity contribution in [3.63, 3.8) is 0 Å². The number of H-pyrrole nitrogens is 1. The van der Waals surface area contributed by atoms with Crippen LogP contribution in [-0.4, -0.2) is 57.2 Å². The number of aromatic nitrogens is 4. The summed E-state index contributed by atoms with van der Waals surface area (Å²) in [6, 6.07) is 0. The first-order chi connectivity index (χ1) is 14.6. The third kappa shape index (κ3) is 4.68. The van der Waals surface area contributed by atoms with Crippen LogP contribution in [0.25, 0.3) is 0 Å². The van der Waals surface area contributed by atoms with Gasteiger partial charge >= 0.3 is 0 Å². The van der Waals surface area contributed by atoms with Crippen LogP contribution in [0.3, 0.4) is 0 Å². The maximum atomic E-state index is 12.6. The summed E-state index contributed by atoms with van der Waals surface area (Å²) in [5, 5.41) is 6.94. The molecular formula is C22H30N6O2. The number of fused-ring (bicyclic) bond motifs is 1. The molecule has 1 aliphatic carbocycles. The summed E-state index contributed by atoms with van der Waals surface area (Å²) in [5.41, 5.74) is 4.12. The zero-order valence-electron chi connectivity index (χ0n) is 17.7. The van der Waals surface area contributed by atoms with Gasteiger partial charge in [0.2, 0.25) is 11.9 Å². The van der Waals surface area contributed by atoms with Gasteiger partial charge in [-0.1, -0.05) is 0 Å². The van der Waals surface area contributed by atoms with Crippen molar-refractivity contribution in [2.45, 2.75) is 58.3 Å². The van der Waals surface area contributed by atoms with Gasteiger partial charge in [-0.05, 0) is 63.0 Å². The smallest absolute Gasteiger partial charge is 0.267 e. The van der Waals surface area contributed by atoms with Crippen LogP contribution in [0.2, 0.25) is 0 Å². The maximum absolute atomic E-state index is 12.6. The van der Waals surface area contributed by atoms with Gasteiger partial charge in [-0.3, -0.25) is 9.59 Å². The SMILES string of the molecule is Cc1cnc(N2CCN(C(=O)CCCCc3n[nH]c(=O)c4c3CCCC4)CC2)nc1. The molecule has 0 unspecified atom stereocenters. The topological polar surface area (TPSA) is 95.1 Å². The van der Waals surface area contributed by atoms with Crippen molar-refractivity contribution in [1.29, 1.82) is 0 Å². The lowest BCUT2D eigenvalue weighted by Gasteiger charge is -2.34. The summed E-state index contributed by atoms with van der Waals surface area (Å²) in [6.45, 7) is 4.93. The third-order valence-corrected chi connectivity index (χ3v) is 6.12. The normalized spacial score (nSPS) is 16.4. The summed E-state index contributed by atoms with van der Waals surface area (Å²) in [5.74, 6) is 0.959. The second kappa shape index (κ2) is 9.36. The number of hydrogen-bond acceptors (Lipinski definition) is 6. The van der Waals surface area contributed by atoms with E-state index in [4.69, 9.17) is 0 Å². The Bertz CT molecular complexity index is 932. The lowest BCUT2D eigenvalue weighted by atomic mass is 9.90. The maximum Gasteiger partial charge on any atom is 0.267 e. The predicted octanol–water partition coefficient (Wildman–Crippen LogP) is 1.81. The van der Waals surface area contributed by atoms with Crippen LogP contribution in [0.15, 0.2) is 17.2 Å². The molecule has 2 aliphatic rings. The Morgan fingerprint density at radius 3 is 2.47 bits per heavy atom. The van der Waals surface area contributed by atoms with Gasteiger partial charge in [0, 0.05) is 50.6 Å². The van der Waals surface area contributed by atoms with Crippen molar-refractivity contribution in [3.05, 3.63) is 45.1 Å². The van der Waals surface area contributed by atoms with Gasteiger partial charge in [0.1, 0.15) is 0 Å². The molecule has 4 rings (SSSR count). The van der Waals surface area contributed by atoms with Crippen molar-refractivity contribution in [2.24, 2.45) is 0 Å². The van der Waals surface area contributed by atoms with Crippen LogP contribution >= 0.6 is 0 Å². The summed E-state index contributed by atoms with van der Waals surface area (Å²) in [7, 11) is 0. The summed E-state index contributed by atoms with van der Waals surface area (Å²) in [6.07, 6.45) is 10.8. The fourth-order valence-corrected chi connectivity index (χ4v) is 4.37. The molecule has 8 nitrogen and oxygen atoms in total. The Kier molecular flexibility index (Phi) is 6.40. The number of amides is 1. The number of piperazine rings is 1. The van der Waals surface area contributed by atoms with E-state index in [-0.39, 0.29) is 11.5 Å². The molecular weight excluding hydrogens is 380 g/mol. The Morgan fingerprint density at radius 1 is 1.03 bits per heavy atom. The van der Waals surface area contributed by atoms with E-state index in [0.29, 0.717) is 19.5 Å². The summed E-state index contributed by atoms with van der Waals surface area (Å²) >= 11 is 0. The highest BCUT2D eigenvalue weighted by Crippen LogP contribution is 2.21. The van der Waals surface area contributed by atoms with Crippen molar-refractivity contribution in [3.8, 4) is 0 Å². The number of carbonyl (C=O) groups is 1. The van der Waals surface area contributed by atoms with Crippen LogP contribution in [0, 0.1) is 6.92 Å². The fourth-order valence-electron chi connectivity index (χ4n) is 4.37. The van der Waals surface area contributed by atoms with E-state index < -0.39 is 0 Å². The van der Waals surface area contributed by atoms with Crippen molar-refractivity contribution in [1.82, 2.24) is 25.1 Å². The molecule has 2 aromatic rings. The minimum absolute atomic E-state index is 0.0289. The molecule has 0 aromatic carbocycles. The first-order valence-corrected chi connectivity index (χ1v) is 11.0. The number of unbranched alkanes of at least 4 members (excludes halogenated alkanes) is 1. The second-order valence-electron chi connectivity index (χ2n) is 8.30. The van der Waals surface area contributed by atoms with Gasteiger partial charge in [0.25, 0.3) is 5.56 Å². The van der Waals surface area contributed by atoms with E-state index in [0.717, 1.165) is 86.4 Å². The Labute approximate surface area is 176 Å². The van der Waals surface area contributed by atoms with Crippen LogP contribution < -0.4 is 10.5 Å². The third-order valence-electron chi connectivity index (χ3n) is 6.12. The van der Waals surface area contributed by atoms with Gasteiger partial charge in [-0.25, -0.2) is 15.1 Å². The number of nitrogens with one attached hydrogen (secondary N) is 1. The highest BCUT2D eigenvalue weighted by Gasteiger charge is 2.22. The first kappa shape index (κ1) is 20.5. The molecule has 3 heterocycles. The Morgan fingerprint density at radius 2 is 1.73 bits per heavy atom. The molecule has 0 saturated carbocycles. The Balaban J connectivity index is 1.22. The average Bonchev–Trinajstić information content (AvgIpc) is 2.79. The van der Waals surface area contributed by atoms with Crippen LogP contribution in [0.1, 0.15) is 54.5 Å². The molecule has 2 aromatic heterocycles. The average molecular weight is 411 g/mol. The van der Waals surface area contributed by atoms with E-state index >= 15 is 0 Å². The molecule has 1 fully saturated rings. The molecule has 0 bridgehead atoms. The minimum atomic E-state index is -0.0289. The van der Waals surface area contributed by atoms with Crippen LogP contribution in [-0.2, 0) is 24.1 Å². The van der Waals surface area contributed by atoms with Crippen molar-refractivity contribution < 1.29 is 4.79 Å². The lowest BCUT2D eigenvalue weighted by Crippen LogP contribution is -2.49. The number of anilines is 1. The monoisotopic (exact) mass is 410 g/mol. The molecule has 0 radical (unpaired) electrons. The predicted molar refractivity (Wildman–Crippen MR) is 115 cm³/mol. The fraction of sp³-hybridized carbons (Fsp3) is 0.591. The molecule has 1 aliphatic heterocycles. The van der Waals surface area contributed by atoms with Gasteiger partial charge in [-0.15, -0.1) is 0 Å². The number of rotatable bonds is 6. The first-order valence-electron chi connectivity index (χ1n) is 11.0. The number of nitrogens with zero attached hydrogens (tertiary/aromatic N) is 5. The molecule has 160 valence electrons. The van der Waals surface area contributed by atoms with Gasteiger partial charge in [-0.2, -0.15) is 5.10 Å². The quantitative estimate of drug-likeness (QED) is 0.730. The van der Waals surface area contributed by atoms with E-state index in [2.05, 4.69) is 25.1 Å². The standard InChI is InChI=1S/C22H30N6O2/c1-16-14-23-22(24-15-16)28-12-10-27(11-13-28)20(29)9-5-4-8-19-17-6-2-3-7-18(17)21(30)26-25-19/h14-15H,2-13H2,1H3,(H,26,30). The second-order valence-corrected chi connectivity index (χ2v) is 8.30. The van der Waals surface area contributed by atoms with Crippen molar-refractivity contribution in [2.75, 3.05) is 31.1 Å². The Hall–Kier alpha value is -2.77. The number of aryl methyl sites for hydroxylation is 2. The summed E-state index contributed by atoms with van der Waals surface area (Å²) < 4.78 is 0. The molecule has 1 saturated heterocycles. The molecule has 1 N–H and O–H groups in total. The highest BCUT2D eigenvalue weighted by molar-refractivity contribution is 5.76. The highest BCUT2D eigenvalue weighted by atomic mass is 16.2. The van der Waals surface area contributed by atoms with Crippen LogP contribution in [0.5, 0.6) is 0 Å². The van der Waals surface area contributed by atoms with Crippen LogP contribution in [0.4, 0.5) is 5.95 Å². The lowest BCUT2D eigenvalue weighted by molar-refractivity contribution is -0.131. The zero-order chi connectivity index (χ0) is 20.9. The van der Waals surface area contributed by atoms with Gasteiger partial charge in [0.15, 0.2) is 0 Å². The van der Waals surface area contributed by atoms with E-state index in [1.54, 1.807) is 0 Å². The number of hydrogen-bond donors (Lipinski definition) is 1. The zero-order valence-corrected chi connectivity index (χ0v) is 17.7. The molecule has 8 heteroatoms. The number of aromatic amines is 1. The van der Waals surface area contributed by atoms with E-state index in [1.807, 2.05) is 24.2 Å². The van der Waals surface area contributed by atoms with Gasteiger partial charge < -0.3 is 9.80 Å². The minimum Gasteiger partial charge on any atom is -0.339 e. The molecule has 30 heavy (non-hydrogen) atoms. The van der Waals surface area contributed by atoms with E-state index in [9.17, 15) is 9.59 Å². The largest absolute Gasteiger partial charge is 0.339 e. The van der Waals surface area contributed by atoms with Crippen molar-refractivity contribution >= 4 is 11.9 Å². The summed E-state index contributed by atoms with van der Waals surface area (Å²) in [4.78, 5) is 37.4. The number of carbonyl (C=O) groups excluding carboxylic acids is 1. The van der Waals surface area contributed by atoms with E-state index in [1.165, 1.54) is 0 Å². The van der Waals surface area contributed by atoms with Gasteiger partial charge in [0.05, 0.1) is 5.69 Å². The molecule has 1 amide bonds. The molecule has 0 atom stereocenters. The molecule has 0 spiro atoms.